The van der Waals surface area contributed by atoms with Crippen LogP contribution in [0.4, 0.5) is 17.1 Å². The van der Waals surface area contributed by atoms with Gasteiger partial charge in [0, 0.05) is 51.7 Å². The molecule has 5 nitrogen and oxygen atoms in total. The number of aromatic nitrogens is 3. The fourth-order valence-electron chi connectivity index (χ4n) is 6.44. The Morgan fingerprint density at radius 2 is 1.37 bits per heavy atom. The number of pyridine rings is 2. The molecule has 0 fully saturated rings. The monoisotopic (exact) mass is 596 g/mol. The van der Waals surface area contributed by atoms with E-state index in [1.54, 1.807) is 6.20 Å². The normalized spacial score (nSPS) is 11.5. The first-order chi connectivity index (χ1) is 22.7. The van der Waals surface area contributed by atoms with E-state index in [1.165, 1.54) is 21.9 Å². The second kappa shape index (κ2) is 11.5. The molecule has 3 heterocycles. The predicted molar refractivity (Wildman–Crippen MR) is 189 cm³/mol. The van der Waals surface area contributed by atoms with E-state index < -0.39 is 0 Å². The van der Waals surface area contributed by atoms with Gasteiger partial charge >= 0.3 is 0 Å². The van der Waals surface area contributed by atoms with Crippen molar-refractivity contribution in [1.82, 2.24) is 14.4 Å². The van der Waals surface area contributed by atoms with Crippen LogP contribution in [0.2, 0.25) is 0 Å². The Balaban J connectivity index is 1.35. The van der Waals surface area contributed by atoms with E-state index in [-0.39, 0.29) is 0 Å². The van der Waals surface area contributed by atoms with Crippen molar-refractivity contribution in [3.63, 3.8) is 0 Å². The van der Waals surface area contributed by atoms with Gasteiger partial charge < -0.3 is 9.64 Å². The lowest BCUT2D eigenvalue weighted by Gasteiger charge is -2.26. The number of rotatable bonds is 7. The number of ether oxygens (including phenoxy) is 1. The number of nitrogens with zero attached hydrogens (tertiary/aromatic N) is 4. The van der Waals surface area contributed by atoms with Crippen molar-refractivity contribution in [1.29, 1.82) is 0 Å². The fourth-order valence-corrected chi connectivity index (χ4v) is 6.44. The number of hydrogen-bond acceptors (Lipinski definition) is 4. The number of hydrogen-bond donors (Lipinski definition) is 0. The zero-order chi connectivity index (χ0) is 31.0. The van der Waals surface area contributed by atoms with E-state index in [0.29, 0.717) is 17.5 Å². The summed E-state index contributed by atoms with van der Waals surface area (Å²) < 4.78 is 8.47. The minimum atomic E-state index is 0.386. The first kappa shape index (κ1) is 27.6. The van der Waals surface area contributed by atoms with Crippen molar-refractivity contribution >= 4 is 44.4 Å². The Kier molecular flexibility index (Phi) is 6.92. The first-order valence-corrected chi connectivity index (χ1v) is 15.6. The van der Waals surface area contributed by atoms with E-state index in [0.717, 1.165) is 39.3 Å². The van der Waals surface area contributed by atoms with Gasteiger partial charge in [0.2, 0.25) is 5.88 Å². The van der Waals surface area contributed by atoms with Crippen LogP contribution >= 0.6 is 0 Å². The largest absolute Gasteiger partial charge is 0.439 e. The third-order valence-corrected chi connectivity index (χ3v) is 8.51. The molecule has 8 aromatic rings. The summed E-state index contributed by atoms with van der Waals surface area (Å²) in [5.74, 6) is 1.66. The predicted octanol–water partition coefficient (Wildman–Crippen LogP) is 11.1. The smallest absolute Gasteiger partial charge is 0.219 e. The molecule has 0 atom stereocenters. The Hall–Kier alpha value is -5.94. The number of para-hydroxylation sites is 2. The molecule has 5 heteroatoms. The van der Waals surface area contributed by atoms with Crippen LogP contribution in [0.25, 0.3) is 38.6 Å². The van der Waals surface area contributed by atoms with Crippen LogP contribution in [-0.4, -0.2) is 14.4 Å². The van der Waals surface area contributed by atoms with Crippen LogP contribution in [0.5, 0.6) is 11.6 Å². The Morgan fingerprint density at radius 1 is 0.609 bits per heavy atom. The van der Waals surface area contributed by atoms with Gasteiger partial charge in [0.15, 0.2) is 0 Å². The maximum Gasteiger partial charge on any atom is 0.219 e. The molecule has 0 saturated heterocycles. The average molecular weight is 597 g/mol. The number of imidazole rings is 1. The van der Waals surface area contributed by atoms with E-state index >= 15 is 0 Å². The summed E-state index contributed by atoms with van der Waals surface area (Å²) in [5.41, 5.74) is 8.74. The van der Waals surface area contributed by atoms with Crippen LogP contribution in [0.15, 0.2) is 152 Å². The van der Waals surface area contributed by atoms with Gasteiger partial charge in [-0.15, -0.1) is 0 Å². The van der Waals surface area contributed by atoms with E-state index in [2.05, 4.69) is 131 Å². The molecule has 8 rings (SSSR count). The van der Waals surface area contributed by atoms with Gasteiger partial charge in [-0.3, -0.25) is 4.40 Å². The van der Waals surface area contributed by atoms with Crippen molar-refractivity contribution in [2.45, 2.75) is 19.8 Å². The maximum atomic E-state index is 6.14. The Labute approximate surface area is 268 Å². The van der Waals surface area contributed by atoms with Gasteiger partial charge in [-0.05, 0) is 65.4 Å². The molecule has 0 aliphatic heterocycles. The van der Waals surface area contributed by atoms with Crippen molar-refractivity contribution in [3.8, 4) is 22.9 Å². The second-order valence-corrected chi connectivity index (χ2v) is 11.7. The molecule has 0 saturated carbocycles. The highest BCUT2D eigenvalue weighted by molar-refractivity contribution is 6.13. The minimum absolute atomic E-state index is 0.386. The second-order valence-electron chi connectivity index (χ2n) is 11.7. The molecule has 0 radical (unpaired) electrons. The van der Waals surface area contributed by atoms with Crippen molar-refractivity contribution in [2.24, 2.45) is 0 Å². The average Bonchev–Trinajstić information content (AvgIpc) is 3.55. The minimum Gasteiger partial charge on any atom is -0.439 e. The van der Waals surface area contributed by atoms with Crippen molar-refractivity contribution in [3.05, 3.63) is 157 Å². The third kappa shape index (κ3) is 4.83. The highest BCUT2D eigenvalue weighted by Gasteiger charge is 2.20. The van der Waals surface area contributed by atoms with Crippen molar-refractivity contribution < 1.29 is 4.74 Å². The third-order valence-electron chi connectivity index (χ3n) is 8.51. The molecular weight excluding hydrogens is 564 g/mol. The number of anilines is 3. The highest BCUT2D eigenvalue weighted by Crippen LogP contribution is 2.41. The quantitative estimate of drug-likeness (QED) is 0.172. The van der Waals surface area contributed by atoms with E-state index in [1.807, 2.05) is 42.6 Å². The van der Waals surface area contributed by atoms with Crippen LogP contribution in [0.3, 0.4) is 0 Å². The van der Waals surface area contributed by atoms with Gasteiger partial charge in [-0.2, -0.15) is 0 Å². The van der Waals surface area contributed by atoms with Gasteiger partial charge in [0.25, 0.3) is 0 Å². The lowest BCUT2D eigenvalue weighted by molar-refractivity contribution is 0.463. The molecule has 0 bridgehead atoms. The molecule has 0 unspecified atom stereocenters. The standard InChI is InChI=1S/C41H32N4O/c1-28(2)33-17-6-7-18-35(33)39-27-43-41-37-26-31(22-23-34(37)36-19-8-9-20-38(36)45(39)41)44(29-13-4-3-5-14-29)30-15-12-16-32(25-30)46-40-21-10-11-24-42-40/h3-28H,1-2H3. The maximum absolute atomic E-state index is 6.14. The molecule has 0 aliphatic carbocycles. The van der Waals surface area contributed by atoms with E-state index in [4.69, 9.17) is 9.72 Å². The van der Waals surface area contributed by atoms with Crippen LogP contribution in [0.1, 0.15) is 25.3 Å². The molecule has 5 aromatic carbocycles. The summed E-state index contributed by atoms with van der Waals surface area (Å²) in [5, 5.41) is 3.45. The van der Waals surface area contributed by atoms with Gasteiger partial charge in [-0.1, -0.05) is 92.7 Å². The molecule has 0 amide bonds. The molecule has 0 aliphatic rings. The summed E-state index contributed by atoms with van der Waals surface area (Å²) in [4.78, 5) is 11.7. The molecule has 0 spiro atoms. The molecule has 0 N–H and O–H groups in total. The lowest BCUT2D eigenvalue weighted by atomic mass is 9.95. The van der Waals surface area contributed by atoms with Gasteiger partial charge in [0.05, 0.1) is 17.4 Å². The fraction of sp³-hybridized carbons (Fsp3) is 0.0732. The molecular formula is C41H32N4O. The van der Waals surface area contributed by atoms with Gasteiger partial charge in [-0.25, -0.2) is 9.97 Å². The Bertz CT molecular complexity index is 2330. The zero-order valence-corrected chi connectivity index (χ0v) is 25.7. The first-order valence-electron chi connectivity index (χ1n) is 15.6. The van der Waals surface area contributed by atoms with Crippen LogP contribution in [-0.2, 0) is 0 Å². The number of fused-ring (bicyclic) bond motifs is 6. The van der Waals surface area contributed by atoms with Crippen LogP contribution < -0.4 is 9.64 Å². The summed E-state index contributed by atoms with van der Waals surface area (Å²) >= 11 is 0. The molecule has 3 aromatic heterocycles. The summed E-state index contributed by atoms with van der Waals surface area (Å²) in [6.45, 7) is 4.49. The SMILES string of the molecule is CC(C)c1ccccc1-c1cnc2c3cc(N(c4ccccc4)c4cccc(Oc5ccccn5)c4)ccc3c3ccccc3n12. The highest BCUT2D eigenvalue weighted by atomic mass is 16.5. The summed E-state index contributed by atoms with van der Waals surface area (Å²) in [6, 6.07) is 48.2. The lowest BCUT2D eigenvalue weighted by Crippen LogP contribution is -2.10. The van der Waals surface area contributed by atoms with Gasteiger partial charge in [0.1, 0.15) is 11.4 Å². The van der Waals surface area contributed by atoms with Crippen LogP contribution in [0, 0.1) is 0 Å². The number of benzene rings is 5. The summed E-state index contributed by atoms with van der Waals surface area (Å²) in [7, 11) is 0. The zero-order valence-electron chi connectivity index (χ0n) is 25.7. The topological polar surface area (TPSA) is 42.7 Å². The molecule has 222 valence electrons. The molecule has 46 heavy (non-hydrogen) atoms. The van der Waals surface area contributed by atoms with E-state index in [9.17, 15) is 0 Å². The summed E-state index contributed by atoms with van der Waals surface area (Å²) in [6.07, 6.45) is 3.76. The van der Waals surface area contributed by atoms with Crippen molar-refractivity contribution in [2.75, 3.05) is 4.90 Å². The Morgan fingerprint density at radius 3 is 2.22 bits per heavy atom.